The van der Waals surface area contributed by atoms with Crippen LogP contribution >= 0.6 is 0 Å². The standard InChI is InChI=1S/C15H19NO2/c1-10(2)18-14-12(4)11(3)5-6-13(14)15(7-8-15)16-9-17/h5-6,10H,7-8H2,1-4H3. The van der Waals surface area contributed by atoms with Crippen LogP contribution in [0.25, 0.3) is 0 Å². The highest BCUT2D eigenvalue weighted by Crippen LogP contribution is 2.53. The summed E-state index contributed by atoms with van der Waals surface area (Å²) < 4.78 is 5.94. The first-order chi connectivity index (χ1) is 8.50. The van der Waals surface area contributed by atoms with E-state index in [-0.39, 0.29) is 11.6 Å². The Labute approximate surface area is 108 Å². The molecule has 2 rings (SSSR count). The number of benzene rings is 1. The third-order valence-electron chi connectivity index (χ3n) is 3.51. The molecule has 0 saturated heterocycles. The summed E-state index contributed by atoms with van der Waals surface area (Å²) in [7, 11) is 0. The Morgan fingerprint density at radius 3 is 2.50 bits per heavy atom. The van der Waals surface area contributed by atoms with Crippen LogP contribution in [-0.2, 0) is 10.3 Å². The predicted octanol–water partition coefficient (Wildman–Crippen LogP) is 3.42. The molecular formula is C15H19NO2. The summed E-state index contributed by atoms with van der Waals surface area (Å²) in [5.41, 5.74) is 2.99. The lowest BCUT2D eigenvalue weighted by atomic mass is 9.97. The normalized spacial score (nSPS) is 16.3. The van der Waals surface area contributed by atoms with E-state index in [1.54, 1.807) is 6.08 Å². The smallest absolute Gasteiger partial charge is 0.235 e. The molecule has 1 saturated carbocycles. The number of hydrogen-bond donors (Lipinski definition) is 0. The molecule has 0 unspecified atom stereocenters. The van der Waals surface area contributed by atoms with Gasteiger partial charge in [0.15, 0.2) is 0 Å². The van der Waals surface area contributed by atoms with Crippen LogP contribution < -0.4 is 4.74 Å². The second-order valence-electron chi connectivity index (χ2n) is 5.29. The number of aryl methyl sites for hydroxylation is 1. The molecule has 1 fully saturated rings. The van der Waals surface area contributed by atoms with E-state index in [1.165, 1.54) is 5.56 Å². The Hall–Kier alpha value is -1.60. The minimum Gasteiger partial charge on any atom is -0.490 e. The van der Waals surface area contributed by atoms with Crippen molar-refractivity contribution >= 4 is 6.08 Å². The van der Waals surface area contributed by atoms with Crippen molar-refractivity contribution < 1.29 is 9.53 Å². The molecule has 0 aromatic heterocycles. The molecule has 0 atom stereocenters. The summed E-state index contributed by atoms with van der Waals surface area (Å²) in [5.74, 6) is 0.890. The summed E-state index contributed by atoms with van der Waals surface area (Å²) in [6.07, 6.45) is 3.62. The molecule has 0 heterocycles. The molecular weight excluding hydrogens is 226 g/mol. The van der Waals surface area contributed by atoms with E-state index < -0.39 is 0 Å². The van der Waals surface area contributed by atoms with Gasteiger partial charge in [-0.3, -0.25) is 0 Å². The van der Waals surface area contributed by atoms with Gasteiger partial charge in [-0.2, -0.15) is 4.99 Å². The highest BCUT2D eigenvalue weighted by molar-refractivity contribution is 5.52. The van der Waals surface area contributed by atoms with Crippen LogP contribution in [0.4, 0.5) is 0 Å². The van der Waals surface area contributed by atoms with Crippen LogP contribution in [0.3, 0.4) is 0 Å². The van der Waals surface area contributed by atoms with Gasteiger partial charge in [-0.25, -0.2) is 4.79 Å². The van der Waals surface area contributed by atoms with Gasteiger partial charge in [0.2, 0.25) is 6.08 Å². The molecule has 0 amide bonds. The van der Waals surface area contributed by atoms with E-state index in [2.05, 4.69) is 24.9 Å². The first kappa shape index (κ1) is 12.8. The van der Waals surface area contributed by atoms with Gasteiger partial charge in [0.25, 0.3) is 0 Å². The lowest BCUT2D eigenvalue weighted by molar-refractivity contribution is 0.236. The molecule has 0 aliphatic heterocycles. The SMILES string of the molecule is Cc1ccc(C2(N=C=O)CC2)c(OC(C)C)c1C. The number of ether oxygens (including phenoxy) is 1. The third kappa shape index (κ3) is 2.19. The van der Waals surface area contributed by atoms with Gasteiger partial charge in [-0.15, -0.1) is 0 Å². The van der Waals surface area contributed by atoms with Crippen molar-refractivity contribution in [1.82, 2.24) is 0 Å². The van der Waals surface area contributed by atoms with Gasteiger partial charge >= 0.3 is 0 Å². The van der Waals surface area contributed by atoms with E-state index in [0.717, 1.165) is 29.7 Å². The first-order valence-electron chi connectivity index (χ1n) is 6.36. The van der Waals surface area contributed by atoms with E-state index in [4.69, 9.17) is 4.74 Å². The zero-order valence-electron chi connectivity index (χ0n) is 11.4. The number of aliphatic imine (C=N–C) groups is 1. The highest BCUT2D eigenvalue weighted by atomic mass is 16.5. The second-order valence-corrected chi connectivity index (χ2v) is 5.29. The molecule has 18 heavy (non-hydrogen) atoms. The molecule has 1 aromatic carbocycles. The van der Waals surface area contributed by atoms with Gasteiger partial charge in [-0.05, 0) is 51.7 Å². The van der Waals surface area contributed by atoms with Crippen molar-refractivity contribution in [1.29, 1.82) is 0 Å². The Balaban J connectivity index is 2.53. The molecule has 0 spiro atoms. The zero-order valence-corrected chi connectivity index (χ0v) is 11.4. The molecule has 96 valence electrons. The van der Waals surface area contributed by atoms with Crippen LogP contribution in [0.2, 0.25) is 0 Å². The van der Waals surface area contributed by atoms with Crippen LogP contribution in [-0.4, -0.2) is 12.2 Å². The van der Waals surface area contributed by atoms with Gasteiger partial charge in [0.1, 0.15) is 11.3 Å². The Morgan fingerprint density at radius 1 is 1.33 bits per heavy atom. The Kier molecular flexibility index (Phi) is 3.27. The van der Waals surface area contributed by atoms with Crippen LogP contribution in [0, 0.1) is 13.8 Å². The van der Waals surface area contributed by atoms with Gasteiger partial charge in [0, 0.05) is 5.56 Å². The van der Waals surface area contributed by atoms with Crippen molar-refractivity contribution in [2.75, 3.05) is 0 Å². The minimum absolute atomic E-state index is 0.111. The number of carbonyl (C=O) groups excluding carboxylic acids is 1. The molecule has 3 heteroatoms. The van der Waals surface area contributed by atoms with Crippen molar-refractivity contribution in [2.45, 2.75) is 52.2 Å². The minimum atomic E-state index is -0.371. The van der Waals surface area contributed by atoms with Gasteiger partial charge < -0.3 is 4.74 Å². The molecule has 1 aliphatic carbocycles. The van der Waals surface area contributed by atoms with Crippen molar-refractivity contribution in [3.8, 4) is 5.75 Å². The fraction of sp³-hybridized carbons (Fsp3) is 0.533. The highest BCUT2D eigenvalue weighted by Gasteiger charge is 2.47. The first-order valence-corrected chi connectivity index (χ1v) is 6.36. The Morgan fingerprint density at radius 2 is 2.00 bits per heavy atom. The second kappa shape index (κ2) is 4.58. The molecule has 0 bridgehead atoms. The maximum atomic E-state index is 10.6. The average molecular weight is 245 g/mol. The number of hydrogen-bond acceptors (Lipinski definition) is 3. The van der Waals surface area contributed by atoms with Crippen LogP contribution in [0.1, 0.15) is 43.4 Å². The largest absolute Gasteiger partial charge is 0.490 e. The average Bonchev–Trinajstić information content (AvgIpc) is 3.06. The van der Waals surface area contributed by atoms with Crippen LogP contribution in [0.15, 0.2) is 17.1 Å². The van der Waals surface area contributed by atoms with Crippen molar-refractivity contribution in [2.24, 2.45) is 4.99 Å². The van der Waals surface area contributed by atoms with E-state index >= 15 is 0 Å². The number of rotatable bonds is 4. The number of isocyanates is 1. The Bertz CT molecular complexity index is 509. The summed E-state index contributed by atoms with van der Waals surface area (Å²) in [4.78, 5) is 14.6. The molecule has 1 aliphatic rings. The van der Waals surface area contributed by atoms with Crippen LogP contribution in [0.5, 0.6) is 5.75 Å². The van der Waals surface area contributed by atoms with Gasteiger partial charge in [0.05, 0.1) is 6.10 Å². The third-order valence-corrected chi connectivity index (χ3v) is 3.51. The quantitative estimate of drug-likeness (QED) is 0.602. The summed E-state index contributed by atoms with van der Waals surface area (Å²) in [6.45, 7) is 8.13. The molecule has 0 N–H and O–H groups in total. The maximum Gasteiger partial charge on any atom is 0.235 e. The van der Waals surface area contributed by atoms with Gasteiger partial charge in [-0.1, -0.05) is 12.1 Å². The summed E-state index contributed by atoms with van der Waals surface area (Å²) in [5, 5.41) is 0. The van der Waals surface area contributed by atoms with Crippen molar-refractivity contribution in [3.05, 3.63) is 28.8 Å². The van der Waals surface area contributed by atoms with E-state index in [1.807, 2.05) is 19.9 Å². The van der Waals surface area contributed by atoms with E-state index in [0.29, 0.717) is 0 Å². The fourth-order valence-corrected chi connectivity index (χ4v) is 2.19. The topological polar surface area (TPSA) is 38.7 Å². The predicted molar refractivity (Wildman–Crippen MR) is 70.7 cm³/mol. The molecule has 3 nitrogen and oxygen atoms in total. The van der Waals surface area contributed by atoms with Crippen molar-refractivity contribution in [3.63, 3.8) is 0 Å². The molecule has 0 radical (unpaired) electrons. The summed E-state index contributed by atoms with van der Waals surface area (Å²) in [6, 6.07) is 4.10. The summed E-state index contributed by atoms with van der Waals surface area (Å²) >= 11 is 0. The van der Waals surface area contributed by atoms with E-state index in [9.17, 15) is 4.79 Å². The number of nitrogens with zero attached hydrogens (tertiary/aromatic N) is 1. The fourth-order valence-electron chi connectivity index (χ4n) is 2.19. The lowest BCUT2D eigenvalue weighted by Gasteiger charge is -2.21. The lowest BCUT2D eigenvalue weighted by Crippen LogP contribution is -2.13. The molecule has 1 aromatic rings. The monoisotopic (exact) mass is 245 g/mol. The zero-order chi connectivity index (χ0) is 13.3. The maximum absolute atomic E-state index is 10.6.